The van der Waals surface area contributed by atoms with Crippen LogP contribution >= 0.6 is 11.6 Å². The average Bonchev–Trinajstić information content (AvgIpc) is 3.26. The number of nitriles is 1. The molecule has 0 aliphatic rings. The Bertz CT molecular complexity index is 1090. The van der Waals surface area contributed by atoms with Crippen molar-refractivity contribution in [1.82, 2.24) is 14.8 Å². The molecule has 144 valence electrons. The first-order valence-corrected chi connectivity index (χ1v) is 8.72. The Morgan fingerprint density at radius 2 is 2.03 bits per heavy atom. The number of esters is 1. The minimum Gasteiger partial charge on any atom is -0.452 e. The Hall–Kier alpha value is -3.96. The average molecular weight is 408 g/mol. The molecule has 0 saturated heterocycles. The number of carbonyl (C=O) groups excluding carboxylic acids is 2. The van der Waals surface area contributed by atoms with Gasteiger partial charge in [0.05, 0.1) is 23.0 Å². The van der Waals surface area contributed by atoms with Gasteiger partial charge in [0.15, 0.2) is 6.61 Å². The van der Waals surface area contributed by atoms with Gasteiger partial charge in [0.1, 0.15) is 12.7 Å². The van der Waals surface area contributed by atoms with Gasteiger partial charge in [0, 0.05) is 11.1 Å². The van der Waals surface area contributed by atoms with Gasteiger partial charge >= 0.3 is 5.97 Å². The van der Waals surface area contributed by atoms with E-state index in [0.29, 0.717) is 22.0 Å². The molecule has 1 amide bonds. The van der Waals surface area contributed by atoms with Crippen LogP contribution in [-0.4, -0.2) is 33.2 Å². The van der Waals surface area contributed by atoms with E-state index in [1.807, 2.05) is 6.07 Å². The largest absolute Gasteiger partial charge is 0.452 e. The van der Waals surface area contributed by atoms with Crippen LogP contribution in [0.25, 0.3) is 11.8 Å². The lowest BCUT2D eigenvalue weighted by molar-refractivity contribution is -0.142. The molecule has 0 bridgehead atoms. The fourth-order valence-electron chi connectivity index (χ4n) is 2.34. The predicted octanol–water partition coefficient (Wildman–Crippen LogP) is 2.99. The molecule has 29 heavy (non-hydrogen) atoms. The van der Waals surface area contributed by atoms with Crippen LogP contribution in [0.3, 0.4) is 0 Å². The van der Waals surface area contributed by atoms with E-state index in [4.69, 9.17) is 21.6 Å². The van der Waals surface area contributed by atoms with Gasteiger partial charge in [0.25, 0.3) is 5.91 Å². The Balaban J connectivity index is 1.57. The topological polar surface area (TPSA) is 110 Å². The molecule has 0 aliphatic carbocycles. The number of carbonyl (C=O) groups is 2. The van der Waals surface area contributed by atoms with Gasteiger partial charge in [-0.25, -0.2) is 14.5 Å². The molecule has 1 aromatic heterocycles. The van der Waals surface area contributed by atoms with Crippen LogP contribution in [0.1, 0.15) is 11.1 Å². The van der Waals surface area contributed by atoms with E-state index in [9.17, 15) is 9.59 Å². The Kier molecular flexibility index (Phi) is 6.35. The fourth-order valence-corrected chi connectivity index (χ4v) is 2.52. The van der Waals surface area contributed by atoms with Crippen molar-refractivity contribution in [2.24, 2.45) is 0 Å². The summed E-state index contributed by atoms with van der Waals surface area (Å²) in [6.45, 7) is -0.472. The third-order valence-corrected chi connectivity index (χ3v) is 3.93. The highest BCUT2D eigenvalue weighted by Gasteiger charge is 2.11. The number of hydrogen-bond acceptors (Lipinski definition) is 6. The second-order valence-electron chi connectivity index (χ2n) is 5.72. The molecule has 9 heteroatoms. The van der Waals surface area contributed by atoms with E-state index >= 15 is 0 Å². The maximum absolute atomic E-state index is 12.2. The molecule has 3 aromatic rings. The quantitative estimate of drug-likeness (QED) is 0.497. The summed E-state index contributed by atoms with van der Waals surface area (Å²) in [6.07, 6.45) is 5.57. The van der Waals surface area contributed by atoms with Crippen molar-refractivity contribution in [1.29, 1.82) is 5.26 Å². The molecular weight excluding hydrogens is 394 g/mol. The van der Waals surface area contributed by atoms with Crippen LogP contribution in [-0.2, 0) is 14.3 Å². The van der Waals surface area contributed by atoms with Crippen LogP contribution in [0.4, 0.5) is 5.69 Å². The van der Waals surface area contributed by atoms with Gasteiger partial charge in [-0.15, -0.1) is 0 Å². The molecule has 3 rings (SSSR count). The molecule has 0 atom stereocenters. The molecule has 0 radical (unpaired) electrons. The van der Waals surface area contributed by atoms with E-state index in [1.54, 1.807) is 42.5 Å². The summed E-state index contributed by atoms with van der Waals surface area (Å²) in [5.41, 5.74) is 2.21. The van der Waals surface area contributed by atoms with E-state index < -0.39 is 18.5 Å². The molecule has 2 aromatic carbocycles. The number of nitrogens with one attached hydrogen (secondary N) is 1. The summed E-state index contributed by atoms with van der Waals surface area (Å²) < 4.78 is 6.42. The number of ether oxygens (including phenoxy) is 1. The molecule has 1 heterocycles. The Labute approximate surface area is 171 Å². The van der Waals surface area contributed by atoms with Crippen molar-refractivity contribution in [2.45, 2.75) is 0 Å². The lowest BCUT2D eigenvalue weighted by atomic mass is 10.1. The Morgan fingerprint density at radius 1 is 1.24 bits per heavy atom. The van der Waals surface area contributed by atoms with Crippen molar-refractivity contribution in [3.8, 4) is 11.8 Å². The second-order valence-corrected chi connectivity index (χ2v) is 6.16. The maximum Gasteiger partial charge on any atom is 0.331 e. The molecule has 8 nitrogen and oxygen atoms in total. The smallest absolute Gasteiger partial charge is 0.331 e. The van der Waals surface area contributed by atoms with Gasteiger partial charge in [-0.05, 0) is 42.0 Å². The molecule has 0 fully saturated rings. The number of hydrogen-bond donors (Lipinski definition) is 1. The zero-order valence-corrected chi connectivity index (χ0v) is 15.7. The molecular formula is C20H14ClN5O3. The minimum atomic E-state index is -0.674. The van der Waals surface area contributed by atoms with Crippen LogP contribution in [0.15, 0.2) is 61.2 Å². The van der Waals surface area contributed by atoms with Crippen molar-refractivity contribution < 1.29 is 14.3 Å². The number of aromatic nitrogens is 3. The van der Waals surface area contributed by atoms with Crippen molar-refractivity contribution in [2.75, 3.05) is 11.9 Å². The number of amides is 1. The molecule has 0 saturated carbocycles. The van der Waals surface area contributed by atoms with E-state index in [2.05, 4.69) is 15.4 Å². The summed E-state index contributed by atoms with van der Waals surface area (Å²) >= 11 is 6.00. The van der Waals surface area contributed by atoms with Crippen LogP contribution in [0.5, 0.6) is 0 Å². The second kappa shape index (κ2) is 9.30. The number of benzene rings is 2. The Morgan fingerprint density at radius 3 is 2.72 bits per heavy atom. The summed E-state index contributed by atoms with van der Waals surface area (Å²) in [7, 11) is 0. The lowest BCUT2D eigenvalue weighted by Crippen LogP contribution is -2.21. The van der Waals surface area contributed by atoms with Gasteiger partial charge in [-0.1, -0.05) is 23.7 Å². The van der Waals surface area contributed by atoms with Crippen molar-refractivity contribution >= 4 is 35.2 Å². The number of nitrogens with zero attached hydrogens (tertiary/aromatic N) is 4. The van der Waals surface area contributed by atoms with Gasteiger partial charge < -0.3 is 10.1 Å². The zero-order chi connectivity index (χ0) is 20.6. The maximum atomic E-state index is 12.2. The first kappa shape index (κ1) is 19.8. The van der Waals surface area contributed by atoms with Gasteiger partial charge in [-0.2, -0.15) is 10.4 Å². The summed E-state index contributed by atoms with van der Waals surface area (Å²) in [5.74, 6) is -1.21. The molecule has 0 unspecified atom stereocenters. The molecule has 0 spiro atoms. The normalized spacial score (nSPS) is 10.5. The minimum absolute atomic E-state index is 0.400. The van der Waals surface area contributed by atoms with Crippen molar-refractivity contribution in [3.63, 3.8) is 0 Å². The van der Waals surface area contributed by atoms with Gasteiger partial charge in [-0.3, -0.25) is 4.79 Å². The highest BCUT2D eigenvalue weighted by atomic mass is 35.5. The van der Waals surface area contributed by atoms with Crippen molar-refractivity contribution in [3.05, 3.63) is 77.3 Å². The summed E-state index contributed by atoms with van der Waals surface area (Å²) in [4.78, 5) is 27.9. The van der Waals surface area contributed by atoms with Crippen LogP contribution < -0.4 is 5.32 Å². The highest BCUT2D eigenvalue weighted by molar-refractivity contribution is 6.31. The molecule has 0 aliphatic heterocycles. The molecule has 1 N–H and O–H groups in total. The highest BCUT2D eigenvalue weighted by Crippen LogP contribution is 2.23. The summed E-state index contributed by atoms with van der Waals surface area (Å²) in [6, 6.07) is 13.6. The SMILES string of the molecule is N#Cc1ccc(/C=C/C(=O)OCC(=O)Nc2cc(Cl)ccc2-n2cncn2)cc1. The van der Waals surface area contributed by atoms with E-state index in [0.717, 1.165) is 5.56 Å². The number of anilines is 1. The fraction of sp³-hybridized carbons (Fsp3) is 0.0500. The monoisotopic (exact) mass is 407 g/mol. The third-order valence-electron chi connectivity index (χ3n) is 3.70. The predicted molar refractivity (Wildman–Crippen MR) is 106 cm³/mol. The third kappa shape index (κ3) is 5.51. The van der Waals surface area contributed by atoms with Crippen LogP contribution in [0.2, 0.25) is 5.02 Å². The number of rotatable bonds is 6. The van der Waals surface area contributed by atoms with E-state index in [-0.39, 0.29) is 0 Å². The zero-order valence-electron chi connectivity index (χ0n) is 14.9. The first-order valence-electron chi connectivity index (χ1n) is 8.34. The van der Waals surface area contributed by atoms with E-state index in [1.165, 1.54) is 29.5 Å². The van der Waals surface area contributed by atoms with Crippen LogP contribution in [0, 0.1) is 11.3 Å². The lowest BCUT2D eigenvalue weighted by Gasteiger charge is -2.11. The number of halogens is 1. The summed E-state index contributed by atoms with van der Waals surface area (Å²) in [5, 5.41) is 15.8. The standard InChI is InChI=1S/C20H14ClN5O3/c21-16-6-7-18(26-13-23-12-24-26)17(9-16)25-19(27)11-29-20(28)8-5-14-1-3-15(10-22)4-2-14/h1-9,12-13H,11H2,(H,25,27)/b8-5+. The first-order chi connectivity index (χ1) is 14.0. The van der Waals surface area contributed by atoms with Gasteiger partial charge in [0.2, 0.25) is 0 Å².